The Hall–Kier alpha value is -1.10. The number of hydrogen-bond donors (Lipinski definition) is 3. The average Bonchev–Trinajstić information content (AvgIpc) is 2.01. The number of hydrogen-bond acceptors (Lipinski definition) is 3. The summed E-state index contributed by atoms with van der Waals surface area (Å²) < 4.78 is 0. The van der Waals surface area contributed by atoms with Gasteiger partial charge in [0.15, 0.2) is 0 Å². The normalized spacial score (nSPS) is 12.1. The fraction of sp³-hybridized carbons (Fsp3) is 0.778. The van der Waals surface area contributed by atoms with E-state index in [1.807, 2.05) is 0 Å². The molecule has 0 spiro atoms. The van der Waals surface area contributed by atoms with Crippen molar-refractivity contribution in [3.8, 4) is 0 Å². The first-order valence-electron chi connectivity index (χ1n) is 4.76. The molecule has 14 heavy (non-hydrogen) atoms. The first kappa shape index (κ1) is 12.9. The van der Waals surface area contributed by atoms with Crippen LogP contribution in [0.25, 0.3) is 0 Å². The summed E-state index contributed by atoms with van der Waals surface area (Å²) in [6.45, 7) is 2.29. The maximum absolute atomic E-state index is 11.0. The zero-order chi connectivity index (χ0) is 11.0. The van der Waals surface area contributed by atoms with Crippen LogP contribution in [0.1, 0.15) is 32.6 Å². The molecule has 0 heterocycles. The molecule has 0 fully saturated rings. The van der Waals surface area contributed by atoms with Gasteiger partial charge in [-0.05, 0) is 19.8 Å². The Bertz CT molecular complexity index is 192. The first-order chi connectivity index (χ1) is 6.52. The Balaban J connectivity index is 3.27. The summed E-state index contributed by atoms with van der Waals surface area (Å²) >= 11 is 0. The highest BCUT2D eigenvalue weighted by atomic mass is 16.4. The van der Waals surface area contributed by atoms with Gasteiger partial charge in [0.05, 0.1) is 0 Å². The van der Waals surface area contributed by atoms with Gasteiger partial charge in [0, 0.05) is 25.4 Å². The van der Waals surface area contributed by atoms with Crippen molar-refractivity contribution in [1.29, 1.82) is 0 Å². The standard InChI is InChI=1S/C9H18N2O3/c1-7(10)6-8(12)11-5-3-2-4-9(13)14/h7H,2-6,10H2,1H3,(H,11,12)(H,13,14). The minimum absolute atomic E-state index is 0.0738. The minimum atomic E-state index is -0.799. The molecule has 0 aliphatic carbocycles. The van der Waals surface area contributed by atoms with Crippen LogP contribution in [0.3, 0.4) is 0 Å². The van der Waals surface area contributed by atoms with E-state index in [9.17, 15) is 9.59 Å². The van der Waals surface area contributed by atoms with Gasteiger partial charge in [-0.2, -0.15) is 0 Å². The molecule has 1 unspecified atom stereocenters. The van der Waals surface area contributed by atoms with E-state index in [4.69, 9.17) is 10.8 Å². The van der Waals surface area contributed by atoms with Gasteiger partial charge in [0.25, 0.3) is 0 Å². The van der Waals surface area contributed by atoms with Crippen molar-refractivity contribution in [3.63, 3.8) is 0 Å². The van der Waals surface area contributed by atoms with Gasteiger partial charge in [-0.1, -0.05) is 0 Å². The Morgan fingerprint density at radius 1 is 1.43 bits per heavy atom. The van der Waals surface area contributed by atoms with Crippen LogP contribution in [0.4, 0.5) is 0 Å². The Labute approximate surface area is 83.7 Å². The summed E-state index contributed by atoms with van der Waals surface area (Å²) in [5, 5.41) is 11.0. The number of carboxylic acids is 1. The number of unbranched alkanes of at least 4 members (excludes halogenated alkanes) is 1. The van der Waals surface area contributed by atoms with E-state index in [0.29, 0.717) is 25.8 Å². The van der Waals surface area contributed by atoms with E-state index in [1.165, 1.54) is 0 Å². The summed E-state index contributed by atoms with van der Waals surface area (Å²) in [7, 11) is 0. The summed E-state index contributed by atoms with van der Waals surface area (Å²) in [6, 6.07) is -0.131. The third-order valence-corrected chi connectivity index (χ3v) is 1.65. The molecule has 0 aromatic carbocycles. The lowest BCUT2D eigenvalue weighted by atomic mass is 10.2. The van der Waals surface area contributed by atoms with Crippen molar-refractivity contribution in [2.24, 2.45) is 5.73 Å². The SMILES string of the molecule is CC(N)CC(=O)NCCCCC(=O)O. The third-order valence-electron chi connectivity index (χ3n) is 1.65. The van der Waals surface area contributed by atoms with Crippen LogP contribution in [-0.2, 0) is 9.59 Å². The third kappa shape index (κ3) is 8.99. The molecule has 5 heteroatoms. The van der Waals surface area contributed by atoms with E-state index in [0.717, 1.165) is 0 Å². The van der Waals surface area contributed by atoms with E-state index in [-0.39, 0.29) is 18.4 Å². The summed E-state index contributed by atoms with van der Waals surface area (Å²) in [4.78, 5) is 21.2. The molecule has 0 aromatic heterocycles. The molecular formula is C9H18N2O3. The van der Waals surface area contributed by atoms with E-state index >= 15 is 0 Å². The highest BCUT2D eigenvalue weighted by Crippen LogP contribution is 1.94. The molecule has 1 amide bonds. The first-order valence-corrected chi connectivity index (χ1v) is 4.76. The van der Waals surface area contributed by atoms with Crippen LogP contribution in [0.15, 0.2) is 0 Å². The van der Waals surface area contributed by atoms with Crippen LogP contribution < -0.4 is 11.1 Å². The number of carbonyl (C=O) groups excluding carboxylic acids is 1. The smallest absolute Gasteiger partial charge is 0.303 e. The molecule has 4 N–H and O–H groups in total. The fourth-order valence-electron chi connectivity index (χ4n) is 0.994. The minimum Gasteiger partial charge on any atom is -0.481 e. The largest absolute Gasteiger partial charge is 0.481 e. The topological polar surface area (TPSA) is 92.4 Å². The number of nitrogens with one attached hydrogen (secondary N) is 1. The van der Waals surface area contributed by atoms with Gasteiger partial charge < -0.3 is 16.2 Å². The summed E-state index contributed by atoms with van der Waals surface area (Å²) in [5.74, 6) is -0.873. The van der Waals surface area contributed by atoms with E-state index < -0.39 is 5.97 Å². The Morgan fingerprint density at radius 3 is 2.57 bits per heavy atom. The number of amides is 1. The van der Waals surface area contributed by atoms with Gasteiger partial charge >= 0.3 is 5.97 Å². The second kappa shape index (κ2) is 7.32. The van der Waals surface area contributed by atoms with Gasteiger partial charge in [-0.15, -0.1) is 0 Å². The zero-order valence-electron chi connectivity index (χ0n) is 8.45. The summed E-state index contributed by atoms with van der Waals surface area (Å²) in [5.41, 5.74) is 5.42. The predicted molar refractivity (Wildman–Crippen MR) is 52.8 cm³/mol. The number of nitrogens with two attached hydrogens (primary N) is 1. The second-order valence-corrected chi connectivity index (χ2v) is 3.38. The van der Waals surface area contributed by atoms with Gasteiger partial charge in [-0.25, -0.2) is 0 Å². The molecule has 0 aliphatic rings. The van der Waals surface area contributed by atoms with Gasteiger partial charge in [0.2, 0.25) is 5.91 Å². The molecule has 0 saturated heterocycles. The molecule has 0 aliphatic heterocycles. The van der Waals surface area contributed by atoms with Crippen molar-refractivity contribution in [1.82, 2.24) is 5.32 Å². The zero-order valence-corrected chi connectivity index (χ0v) is 8.45. The van der Waals surface area contributed by atoms with Crippen molar-refractivity contribution in [2.75, 3.05) is 6.54 Å². The number of rotatable bonds is 7. The second-order valence-electron chi connectivity index (χ2n) is 3.38. The highest BCUT2D eigenvalue weighted by molar-refractivity contribution is 5.76. The van der Waals surface area contributed by atoms with Crippen molar-refractivity contribution < 1.29 is 14.7 Å². The van der Waals surface area contributed by atoms with Crippen LogP contribution >= 0.6 is 0 Å². The molecule has 0 rings (SSSR count). The summed E-state index contributed by atoms with van der Waals surface area (Å²) in [6.07, 6.45) is 1.76. The van der Waals surface area contributed by atoms with Gasteiger partial charge in [-0.3, -0.25) is 9.59 Å². The highest BCUT2D eigenvalue weighted by Gasteiger charge is 2.03. The lowest BCUT2D eigenvalue weighted by Crippen LogP contribution is -2.30. The number of aliphatic carboxylic acids is 1. The molecule has 1 atom stereocenters. The van der Waals surface area contributed by atoms with E-state index in [2.05, 4.69) is 5.32 Å². The molecule has 0 saturated carbocycles. The molecule has 0 radical (unpaired) electrons. The van der Waals surface area contributed by atoms with Crippen LogP contribution in [0.5, 0.6) is 0 Å². The molecule has 0 aromatic rings. The lowest BCUT2D eigenvalue weighted by Gasteiger charge is -2.06. The molecule has 5 nitrogen and oxygen atoms in total. The van der Waals surface area contributed by atoms with E-state index in [1.54, 1.807) is 6.92 Å². The van der Waals surface area contributed by atoms with Gasteiger partial charge in [0.1, 0.15) is 0 Å². The Morgan fingerprint density at radius 2 is 2.07 bits per heavy atom. The molecule has 82 valence electrons. The number of carbonyl (C=O) groups is 2. The van der Waals surface area contributed by atoms with Crippen LogP contribution in [0.2, 0.25) is 0 Å². The van der Waals surface area contributed by atoms with Crippen molar-refractivity contribution >= 4 is 11.9 Å². The molecular weight excluding hydrogens is 184 g/mol. The lowest BCUT2D eigenvalue weighted by molar-refractivity contribution is -0.137. The fourth-order valence-corrected chi connectivity index (χ4v) is 0.994. The molecule has 0 bridgehead atoms. The van der Waals surface area contributed by atoms with Crippen molar-refractivity contribution in [3.05, 3.63) is 0 Å². The monoisotopic (exact) mass is 202 g/mol. The predicted octanol–water partition coefficient (Wildman–Crippen LogP) is 0.0948. The maximum atomic E-state index is 11.0. The van der Waals surface area contributed by atoms with Crippen LogP contribution in [0, 0.1) is 0 Å². The van der Waals surface area contributed by atoms with Crippen molar-refractivity contribution in [2.45, 2.75) is 38.6 Å². The quantitative estimate of drug-likeness (QED) is 0.510. The average molecular weight is 202 g/mol. The van der Waals surface area contributed by atoms with Crippen LogP contribution in [-0.4, -0.2) is 29.6 Å². The number of carboxylic acid groups (broad SMARTS) is 1. The Kier molecular flexibility index (Phi) is 6.74. The maximum Gasteiger partial charge on any atom is 0.303 e.